The number of carbonyl (C=O) groups excluding carboxylic acids is 3. The first kappa shape index (κ1) is 25.4. The van der Waals surface area contributed by atoms with Crippen LogP contribution in [0.4, 0.5) is 4.79 Å². The fourth-order valence-electron chi connectivity index (χ4n) is 3.16. The average molecular weight is 451 g/mol. The Labute approximate surface area is 194 Å². The summed E-state index contributed by atoms with van der Waals surface area (Å²) >= 11 is 0. The quantitative estimate of drug-likeness (QED) is 0.600. The summed E-state index contributed by atoms with van der Waals surface area (Å²) in [5.41, 5.74) is 1.66. The zero-order valence-electron chi connectivity index (χ0n) is 19.4. The molecule has 2 N–H and O–H groups in total. The molecule has 0 aliphatic rings. The Morgan fingerprint density at radius 1 is 1.06 bits per heavy atom. The summed E-state index contributed by atoms with van der Waals surface area (Å²) in [6.07, 6.45) is -0.756. The maximum Gasteiger partial charge on any atom is 0.408 e. The Morgan fingerprint density at radius 2 is 1.76 bits per heavy atom. The monoisotopic (exact) mass is 450 g/mol. The molecule has 1 unspecified atom stereocenters. The standard InChI is InChI=1S/C25H30N4O4/c1-18-9-8-12-20(15-18)22(23(31)27-16-19-10-6-5-7-11-19)29(14-13-26)21(30)17-28-24(32)33-25(2,3)4/h5-12,15,22H,14,16-17H2,1-4H3,(H,27,31)(H,28,32). The third kappa shape index (κ3) is 8.30. The Kier molecular flexibility index (Phi) is 8.98. The van der Waals surface area contributed by atoms with E-state index in [1.807, 2.05) is 49.4 Å². The number of ether oxygens (including phenoxy) is 1. The summed E-state index contributed by atoms with van der Waals surface area (Å²) in [5, 5.41) is 14.6. The molecule has 33 heavy (non-hydrogen) atoms. The normalized spacial score (nSPS) is 11.6. The van der Waals surface area contributed by atoms with Crippen LogP contribution in [0.15, 0.2) is 54.6 Å². The molecule has 1 atom stereocenters. The Balaban J connectivity index is 2.25. The third-order valence-electron chi connectivity index (χ3n) is 4.57. The molecule has 0 aromatic heterocycles. The smallest absolute Gasteiger partial charge is 0.408 e. The Bertz CT molecular complexity index is 1010. The zero-order chi connectivity index (χ0) is 24.4. The van der Waals surface area contributed by atoms with Crippen molar-refractivity contribution in [1.82, 2.24) is 15.5 Å². The second-order valence-electron chi connectivity index (χ2n) is 8.56. The van der Waals surface area contributed by atoms with Crippen LogP contribution in [-0.2, 0) is 20.9 Å². The van der Waals surface area contributed by atoms with E-state index in [2.05, 4.69) is 10.6 Å². The first-order valence-corrected chi connectivity index (χ1v) is 10.6. The maximum atomic E-state index is 13.2. The van der Waals surface area contributed by atoms with Crippen LogP contribution >= 0.6 is 0 Å². The van der Waals surface area contributed by atoms with Crippen LogP contribution in [0.2, 0.25) is 0 Å². The van der Waals surface area contributed by atoms with Crippen LogP contribution in [0.3, 0.4) is 0 Å². The molecule has 174 valence electrons. The maximum absolute atomic E-state index is 13.2. The highest BCUT2D eigenvalue weighted by molar-refractivity contribution is 5.90. The summed E-state index contributed by atoms with van der Waals surface area (Å²) < 4.78 is 5.16. The molecule has 8 heteroatoms. The summed E-state index contributed by atoms with van der Waals surface area (Å²) in [6.45, 7) is 6.54. The first-order chi connectivity index (χ1) is 15.6. The number of aryl methyl sites for hydroxylation is 1. The SMILES string of the molecule is Cc1cccc(C(C(=O)NCc2ccccc2)N(CC#N)C(=O)CNC(=O)OC(C)(C)C)c1. The van der Waals surface area contributed by atoms with E-state index in [9.17, 15) is 19.6 Å². The van der Waals surface area contributed by atoms with E-state index in [-0.39, 0.29) is 13.1 Å². The fraction of sp³-hybridized carbons (Fsp3) is 0.360. The highest BCUT2D eigenvalue weighted by atomic mass is 16.6. The number of nitrogens with zero attached hydrogens (tertiary/aromatic N) is 2. The molecule has 2 rings (SSSR count). The number of amides is 3. The average Bonchev–Trinajstić information content (AvgIpc) is 2.75. The number of benzene rings is 2. The molecule has 0 saturated carbocycles. The summed E-state index contributed by atoms with van der Waals surface area (Å²) in [4.78, 5) is 39.4. The largest absolute Gasteiger partial charge is 0.444 e. The van der Waals surface area contributed by atoms with Gasteiger partial charge in [-0.25, -0.2) is 4.79 Å². The van der Waals surface area contributed by atoms with Crippen molar-refractivity contribution in [2.45, 2.75) is 45.9 Å². The molecule has 3 amide bonds. The molecule has 0 radical (unpaired) electrons. The van der Waals surface area contributed by atoms with Crippen molar-refractivity contribution in [3.05, 3.63) is 71.3 Å². The predicted molar refractivity (Wildman–Crippen MR) is 124 cm³/mol. The minimum Gasteiger partial charge on any atom is -0.444 e. The highest BCUT2D eigenvalue weighted by Gasteiger charge is 2.31. The van der Waals surface area contributed by atoms with E-state index in [0.717, 1.165) is 16.0 Å². The summed E-state index contributed by atoms with van der Waals surface area (Å²) in [6, 6.07) is 17.5. The van der Waals surface area contributed by atoms with Gasteiger partial charge in [0.25, 0.3) is 0 Å². The van der Waals surface area contributed by atoms with Gasteiger partial charge in [-0.15, -0.1) is 0 Å². The summed E-state index contributed by atoms with van der Waals surface area (Å²) in [5.74, 6) is -1.01. The zero-order valence-corrected chi connectivity index (χ0v) is 19.4. The van der Waals surface area contributed by atoms with Crippen molar-refractivity contribution in [2.75, 3.05) is 13.1 Å². The lowest BCUT2D eigenvalue weighted by atomic mass is 10.0. The van der Waals surface area contributed by atoms with Gasteiger partial charge in [-0.1, -0.05) is 60.2 Å². The van der Waals surface area contributed by atoms with Crippen molar-refractivity contribution >= 4 is 17.9 Å². The van der Waals surface area contributed by atoms with Crippen LogP contribution < -0.4 is 10.6 Å². The Morgan fingerprint density at radius 3 is 2.36 bits per heavy atom. The van der Waals surface area contributed by atoms with Gasteiger partial charge < -0.3 is 20.3 Å². The molecule has 0 saturated heterocycles. The van der Waals surface area contributed by atoms with Crippen LogP contribution in [0, 0.1) is 18.3 Å². The van der Waals surface area contributed by atoms with Crippen molar-refractivity contribution in [3.8, 4) is 6.07 Å². The van der Waals surface area contributed by atoms with E-state index in [1.54, 1.807) is 39.0 Å². The number of hydrogen-bond donors (Lipinski definition) is 2. The fourth-order valence-corrected chi connectivity index (χ4v) is 3.16. The molecule has 0 aliphatic heterocycles. The molecule has 2 aromatic rings. The third-order valence-corrected chi connectivity index (χ3v) is 4.57. The van der Waals surface area contributed by atoms with Gasteiger partial charge in [0.2, 0.25) is 11.8 Å². The van der Waals surface area contributed by atoms with E-state index in [0.29, 0.717) is 5.56 Å². The van der Waals surface area contributed by atoms with Crippen LogP contribution in [-0.4, -0.2) is 41.5 Å². The number of carbonyl (C=O) groups is 3. The highest BCUT2D eigenvalue weighted by Crippen LogP contribution is 2.22. The molecular weight excluding hydrogens is 420 g/mol. The van der Waals surface area contributed by atoms with E-state index < -0.39 is 36.1 Å². The van der Waals surface area contributed by atoms with Gasteiger partial charge in [0.15, 0.2) is 0 Å². The van der Waals surface area contributed by atoms with E-state index in [1.165, 1.54) is 0 Å². The number of nitrogens with one attached hydrogen (secondary N) is 2. The van der Waals surface area contributed by atoms with E-state index in [4.69, 9.17) is 4.74 Å². The minimum absolute atomic E-state index is 0.271. The van der Waals surface area contributed by atoms with Gasteiger partial charge in [0.1, 0.15) is 24.7 Å². The second-order valence-corrected chi connectivity index (χ2v) is 8.56. The minimum atomic E-state index is -1.04. The van der Waals surface area contributed by atoms with Gasteiger partial charge in [-0.2, -0.15) is 5.26 Å². The Hall–Kier alpha value is -3.86. The van der Waals surface area contributed by atoms with Gasteiger partial charge in [0, 0.05) is 6.54 Å². The van der Waals surface area contributed by atoms with Gasteiger partial charge >= 0.3 is 6.09 Å². The van der Waals surface area contributed by atoms with Crippen molar-refractivity contribution in [2.24, 2.45) is 0 Å². The van der Waals surface area contributed by atoms with Gasteiger partial charge in [-0.05, 0) is 38.8 Å². The lowest BCUT2D eigenvalue weighted by Crippen LogP contribution is -2.47. The molecule has 0 heterocycles. The van der Waals surface area contributed by atoms with Crippen molar-refractivity contribution < 1.29 is 19.1 Å². The number of nitriles is 1. The molecular formula is C25H30N4O4. The molecule has 0 aliphatic carbocycles. The predicted octanol–water partition coefficient (Wildman–Crippen LogP) is 3.23. The second kappa shape index (κ2) is 11.7. The van der Waals surface area contributed by atoms with Crippen molar-refractivity contribution in [1.29, 1.82) is 5.26 Å². The molecule has 0 bridgehead atoms. The number of rotatable bonds is 8. The first-order valence-electron chi connectivity index (χ1n) is 10.6. The van der Waals surface area contributed by atoms with Crippen LogP contribution in [0.25, 0.3) is 0 Å². The lowest BCUT2D eigenvalue weighted by Gasteiger charge is -2.30. The summed E-state index contributed by atoms with van der Waals surface area (Å²) in [7, 11) is 0. The molecule has 8 nitrogen and oxygen atoms in total. The number of alkyl carbamates (subject to hydrolysis) is 1. The topological polar surface area (TPSA) is 112 Å². The van der Waals surface area contributed by atoms with Crippen LogP contribution in [0.1, 0.15) is 43.5 Å². The molecule has 0 spiro atoms. The van der Waals surface area contributed by atoms with E-state index >= 15 is 0 Å². The lowest BCUT2D eigenvalue weighted by molar-refractivity contribution is -0.139. The van der Waals surface area contributed by atoms with Crippen molar-refractivity contribution in [3.63, 3.8) is 0 Å². The van der Waals surface area contributed by atoms with Gasteiger partial charge in [0.05, 0.1) is 6.07 Å². The number of hydrogen-bond acceptors (Lipinski definition) is 5. The van der Waals surface area contributed by atoms with Gasteiger partial charge in [-0.3, -0.25) is 9.59 Å². The molecule has 0 fully saturated rings. The van der Waals surface area contributed by atoms with Crippen LogP contribution in [0.5, 0.6) is 0 Å². The molecule has 2 aromatic carbocycles.